The van der Waals surface area contributed by atoms with Gasteiger partial charge >= 0.3 is 5.56 Å². The number of non-ortho nitro benzene ring substituents is 1. The molecule has 1 N–H and O–H groups in total. The van der Waals surface area contributed by atoms with Crippen LogP contribution in [-0.4, -0.2) is 19.7 Å². The number of hydrogen-bond acceptors (Lipinski definition) is 7. The number of rotatable bonds is 5. The third-order valence-corrected chi connectivity index (χ3v) is 5.56. The molecule has 4 rings (SSSR count). The van der Waals surface area contributed by atoms with E-state index in [0.29, 0.717) is 22.1 Å². The van der Waals surface area contributed by atoms with Gasteiger partial charge in [0, 0.05) is 23.1 Å². The molecule has 0 saturated carbocycles. The van der Waals surface area contributed by atoms with Crippen LogP contribution in [0.15, 0.2) is 62.9 Å². The van der Waals surface area contributed by atoms with Crippen LogP contribution in [0.1, 0.15) is 16.8 Å². The Kier molecular flexibility index (Phi) is 5.30. The predicted octanol–water partition coefficient (Wildman–Crippen LogP) is 5.54. The van der Waals surface area contributed by atoms with E-state index in [9.17, 15) is 14.9 Å². The average Bonchev–Trinajstić information content (AvgIpc) is 3.33. The van der Waals surface area contributed by atoms with Crippen LogP contribution in [0.2, 0.25) is 0 Å². The van der Waals surface area contributed by atoms with Crippen molar-refractivity contribution in [2.75, 3.05) is 0 Å². The molecule has 31 heavy (non-hydrogen) atoms. The smallest absolute Gasteiger partial charge is 0.291 e. The molecule has 0 atom stereocenters. The number of thiazole rings is 1. The van der Waals surface area contributed by atoms with E-state index in [4.69, 9.17) is 0 Å². The van der Waals surface area contributed by atoms with Crippen LogP contribution in [-0.2, 0) is 0 Å². The molecule has 0 bridgehead atoms. The van der Waals surface area contributed by atoms with Crippen molar-refractivity contribution < 1.29 is 4.92 Å². The minimum Gasteiger partial charge on any atom is -0.291 e. The number of nitro benzene ring substituents is 1. The Balaban J connectivity index is 1.67. The highest BCUT2D eigenvalue weighted by atomic mass is 32.1. The second-order valence-electron chi connectivity index (χ2n) is 7.04. The van der Waals surface area contributed by atoms with Gasteiger partial charge in [-0.05, 0) is 26.3 Å². The van der Waals surface area contributed by atoms with Crippen molar-refractivity contribution in [3.05, 3.63) is 85.1 Å². The molecule has 0 radical (unpaired) electrons. The molecule has 0 spiro atoms. The van der Waals surface area contributed by atoms with Crippen molar-refractivity contribution in [1.82, 2.24) is 14.8 Å². The van der Waals surface area contributed by atoms with E-state index in [-0.39, 0.29) is 11.4 Å². The lowest BCUT2D eigenvalue weighted by atomic mass is 10.1. The zero-order valence-corrected chi connectivity index (χ0v) is 17.8. The number of nitrogens with one attached hydrogen (secondary N) is 1. The monoisotopic (exact) mass is 434 g/mol. The highest BCUT2D eigenvalue weighted by Gasteiger charge is 2.16. The van der Waals surface area contributed by atoms with Crippen molar-refractivity contribution in [1.29, 1.82) is 0 Å². The maximum Gasteiger partial charge on any atom is 0.301 e. The summed E-state index contributed by atoms with van der Waals surface area (Å²) in [5.74, 6) is 0. The molecular formula is C21H18N6O3S. The van der Waals surface area contributed by atoms with Gasteiger partial charge in [0.15, 0.2) is 5.69 Å². The lowest BCUT2D eigenvalue weighted by Gasteiger charge is -1.98. The van der Waals surface area contributed by atoms with E-state index in [2.05, 4.69) is 20.3 Å². The van der Waals surface area contributed by atoms with E-state index in [1.54, 1.807) is 19.9 Å². The van der Waals surface area contributed by atoms with Crippen LogP contribution >= 0.6 is 11.3 Å². The van der Waals surface area contributed by atoms with Crippen LogP contribution < -0.4 is 5.56 Å². The summed E-state index contributed by atoms with van der Waals surface area (Å²) in [4.78, 5) is 28.0. The van der Waals surface area contributed by atoms with Gasteiger partial charge in [-0.25, -0.2) is 4.98 Å². The van der Waals surface area contributed by atoms with Crippen molar-refractivity contribution >= 4 is 28.4 Å². The fourth-order valence-corrected chi connectivity index (χ4v) is 3.73. The molecule has 4 aromatic rings. The molecule has 2 heterocycles. The number of aromatic nitrogens is 3. The number of H-pyrrole nitrogens is 1. The van der Waals surface area contributed by atoms with E-state index in [0.717, 1.165) is 16.8 Å². The highest BCUT2D eigenvalue weighted by Crippen LogP contribution is 2.27. The van der Waals surface area contributed by atoms with Gasteiger partial charge in [0.25, 0.3) is 5.69 Å². The molecular weight excluding hydrogens is 416 g/mol. The van der Waals surface area contributed by atoms with Gasteiger partial charge in [-0.15, -0.1) is 21.6 Å². The standard InChI is InChI=1S/C21H18N6O3S/c1-12-4-7-15(8-5-12)18-11-31-21(22-18)26-20(28)19(14(3)25-26)24-23-17-10-16(27(29)30)9-6-13(17)2/h4-11,25H,1-3H3. The van der Waals surface area contributed by atoms with Crippen LogP contribution in [0, 0.1) is 30.9 Å². The van der Waals surface area contributed by atoms with E-state index in [1.807, 2.05) is 36.6 Å². The molecule has 2 aromatic heterocycles. The predicted molar refractivity (Wildman–Crippen MR) is 119 cm³/mol. The quantitative estimate of drug-likeness (QED) is 0.252. The second-order valence-corrected chi connectivity index (χ2v) is 7.87. The third kappa shape index (κ3) is 4.05. The molecule has 0 unspecified atom stereocenters. The van der Waals surface area contributed by atoms with Gasteiger partial charge in [-0.1, -0.05) is 35.9 Å². The van der Waals surface area contributed by atoms with Crippen LogP contribution in [0.3, 0.4) is 0 Å². The normalized spacial score (nSPS) is 11.3. The first-order valence-electron chi connectivity index (χ1n) is 9.35. The number of nitro groups is 1. The first-order chi connectivity index (χ1) is 14.8. The van der Waals surface area contributed by atoms with E-state index in [1.165, 1.54) is 28.2 Å². The Morgan fingerprint density at radius 3 is 2.55 bits per heavy atom. The second kappa shape index (κ2) is 8.07. The maximum atomic E-state index is 12.9. The molecule has 0 fully saturated rings. The number of aromatic amines is 1. The SMILES string of the molecule is Cc1ccc(-c2csc(-n3[nH]c(C)c(N=Nc4cc([N+](=O)[O-])ccc4C)c3=O)n2)cc1. The minimum atomic E-state index is -0.499. The summed E-state index contributed by atoms with van der Waals surface area (Å²) >= 11 is 1.33. The molecule has 9 nitrogen and oxygen atoms in total. The van der Waals surface area contributed by atoms with Crippen molar-refractivity contribution in [2.24, 2.45) is 10.2 Å². The summed E-state index contributed by atoms with van der Waals surface area (Å²) in [6.07, 6.45) is 0. The van der Waals surface area contributed by atoms with Gasteiger partial charge in [0.1, 0.15) is 0 Å². The number of aryl methyl sites for hydroxylation is 3. The maximum absolute atomic E-state index is 12.9. The number of hydrogen-bond donors (Lipinski definition) is 1. The number of nitrogens with zero attached hydrogens (tertiary/aromatic N) is 5. The summed E-state index contributed by atoms with van der Waals surface area (Å²) < 4.78 is 1.33. The van der Waals surface area contributed by atoms with Crippen LogP contribution in [0.25, 0.3) is 16.4 Å². The molecule has 0 aliphatic carbocycles. The summed E-state index contributed by atoms with van der Waals surface area (Å²) in [6.45, 7) is 5.49. The van der Waals surface area contributed by atoms with E-state index >= 15 is 0 Å². The molecule has 0 amide bonds. The van der Waals surface area contributed by atoms with Crippen LogP contribution in [0.4, 0.5) is 17.1 Å². The summed E-state index contributed by atoms with van der Waals surface area (Å²) in [5.41, 5.74) is 4.09. The van der Waals surface area contributed by atoms with Gasteiger partial charge in [-0.3, -0.25) is 20.0 Å². The van der Waals surface area contributed by atoms with Gasteiger partial charge in [-0.2, -0.15) is 4.68 Å². The van der Waals surface area contributed by atoms with Crippen molar-refractivity contribution in [2.45, 2.75) is 20.8 Å². The first kappa shape index (κ1) is 20.4. The molecule has 10 heteroatoms. The molecule has 0 aliphatic rings. The fraction of sp³-hybridized carbons (Fsp3) is 0.143. The zero-order chi connectivity index (χ0) is 22.1. The van der Waals surface area contributed by atoms with Crippen molar-refractivity contribution in [3.63, 3.8) is 0 Å². The average molecular weight is 434 g/mol. The van der Waals surface area contributed by atoms with Gasteiger partial charge in [0.05, 0.1) is 22.0 Å². The minimum absolute atomic E-state index is 0.0887. The lowest BCUT2D eigenvalue weighted by molar-refractivity contribution is -0.384. The Hall–Kier alpha value is -3.92. The first-order valence-corrected chi connectivity index (χ1v) is 10.2. The van der Waals surface area contributed by atoms with E-state index < -0.39 is 10.5 Å². The Morgan fingerprint density at radius 1 is 1.10 bits per heavy atom. The largest absolute Gasteiger partial charge is 0.301 e. The van der Waals surface area contributed by atoms with Crippen LogP contribution in [0.5, 0.6) is 0 Å². The molecule has 2 aromatic carbocycles. The summed E-state index contributed by atoms with van der Waals surface area (Å²) in [5, 5.41) is 24.5. The zero-order valence-electron chi connectivity index (χ0n) is 17.0. The summed E-state index contributed by atoms with van der Waals surface area (Å²) in [7, 11) is 0. The third-order valence-electron chi connectivity index (χ3n) is 4.73. The van der Waals surface area contributed by atoms with Crippen molar-refractivity contribution in [3.8, 4) is 16.4 Å². The number of azo groups is 1. The lowest BCUT2D eigenvalue weighted by Crippen LogP contribution is -2.13. The Bertz CT molecular complexity index is 1360. The Labute approximate surface area is 180 Å². The molecule has 0 saturated heterocycles. The van der Waals surface area contributed by atoms with Gasteiger partial charge < -0.3 is 0 Å². The molecule has 0 aliphatic heterocycles. The Morgan fingerprint density at radius 2 is 1.84 bits per heavy atom. The highest BCUT2D eigenvalue weighted by molar-refractivity contribution is 7.12. The molecule has 156 valence electrons. The fourth-order valence-electron chi connectivity index (χ4n) is 2.94. The number of benzene rings is 2. The summed E-state index contributed by atoms with van der Waals surface area (Å²) in [6, 6.07) is 12.3. The topological polar surface area (TPSA) is 119 Å². The van der Waals surface area contributed by atoms with Gasteiger partial charge in [0.2, 0.25) is 5.13 Å².